The molecular weight excluding hydrogens is 182 g/mol. The lowest BCUT2D eigenvalue weighted by atomic mass is 9.83. The van der Waals surface area contributed by atoms with E-state index in [-0.39, 0.29) is 0 Å². The molecule has 2 aliphatic carbocycles. The minimum absolute atomic E-state index is 0.858. The molecule has 0 atom stereocenters. The van der Waals surface area contributed by atoms with Gasteiger partial charge >= 0.3 is 0 Å². The van der Waals surface area contributed by atoms with Gasteiger partial charge in [0.05, 0.1) is 0 Å². The Balaban J connectivity index is 1.52. The molecule has 2 saturated carbocycles. The zero-order valence-electron chi connectivity index (χ0n) is 10.3. The molecule has 0 unspecified atom stereocenters. The standard InChI is InChI=1S/C14H27N/c1-2-3-12-6-8-14(9-7-12)15-11-10-13-4-5-13/h12-15H,2-11H2,1H3. The van der Waals surface area contributed by atoms with E-state index in [0.29, 0.717) is 0 Å². The molecule has 0 aromatic rings. The first-order valence-corrected chi connectivity index (χ1v) is 7.12. The molecule has 1 heteroatoms. The number of rotatable bonds is 6. The molecular formula is C14H27N. The molecule has 2 aliphatic rings. The van der Waals surface area contributed by atoms with E-state index in [0.717, 1.165) is 17.9 Å². The lowest BCUT2D eigenvalue weighted by Crippen LogP contribution is -2.33. The Hall–Kier alpha value is -0.0400. The first kappa shape index (κ1) is 11.4. The summed E-state index contributed by atoms with van der Waals surface area (Å²) in [5.74, 6) is 2.14. The summed E-state index contributed by atoms with van der Waals surface area (Å²) in [4.78, 5) is 0. The summed E-state index contributed by atoms with van der Waals surface area (Å²) in [6.07, 6.45) is 13.1. The molecule has 88 valence electrons. The van der Waals surface area contributed by atoms with Crippen LogP contribution in [0.2, 0.25) is 0 Å². The van der Waals surface area contributed by atoms with Gasteiger partial charge in [0.1, 0.15) is 0 Å². The van der Waals surface area contributed by atoms with Crippen molar-refractivity contribution in [3.63, 3.8) is 0 Å². The van der Waals surface area contributed by atoms with Crippen LogP contribution >= 0.6 is 0 Å². The van der Waals surface area contributed by atoms with E-state index in [1.165, 1.54) is 64.3 Å². The van der Waals surface area contributed by atoms with Gasteiger partial charge in [0, 0.05) is 6.04 Å². The smallest absolute Gasteiger partial charge is 0.00672 e. The fourth-order valence-electron chi connectivity index (χ4n) is 2.96. The quantitative estimate of drug-likeness (QED) is 0.703. The monoisotopic (exact) mass is 209 g/mol. The van der Waals surface area contributed by atoms with Crippen LogP contribution in [0, 0.1) is 11.8 Å². The minimum atomic E-state index is 0.858. The summed E-state index contributed by atoms with van der Waals surface area (Å²) in [7, 11) is 0. The van der Waals surface area contributed by atoms with Gasteiger partial charge < -0.3 is 5.32 Å². The van der Waals surface area contributed by atoms with Crippen molar-refractivity contribution in [2.75, 3.05) is 6.54 Å². The van der Waals surface area contributed by atoms with Crippen molar-refractivity contribution in [1.29, 1.82) is 0 Å². The second kappa shape index (κ2) is 5.89. The second-order valence-corrected chi connectivity index (χ2v) is 5.69. The number of hydrogen-bond acceptors (Lipinski definition) is 1. The van der Waals surface area contributed by atoms with Crippen LogP contribution in [0.25, 0.3) is 0 Å². The van der Waals surface area contributed by atoms with Crippen molar-refractivity contribution < 1.29 is 0 Å². The Labute approximate surface area is 95.0 Å². The molecule has 1 nitrogen and oxygen atoms in total. The molecule has 0 heterocycles. The third-order valence-corrected chi connectivity index (χ3v) is 4.23. The van der Waals surface area contributed by atoms with Crippen molar-refractivity contribution in [2.45, 2.75) is 70.8 Å². The predicted octanol–water partition coefficient (Wildman–Crippen LogP) is 3.74. The fourth-order valence-corrected chi connectivity index (χ4v) is 2.96. The maximum Gasteiger partial charge on any atom is 0.00672 e. The van der Waals surface area contributed by atoms with Gasteiger partial charge in [0.2, 0.25) is 0 Å². The second-order valence-electron chi connectivity index (χ2n) is 5.69. The lowest BCUT2D eigenvalue weighted by Gasteiger charge is -2.29. The minimum Gasteiger partial charge on any atom is -0.314 e. The topological polar surface area (TPSA) is 12.0 Å². The van der Waals surface area contributed by atoms with Gasteiger partial charge in [0.15, 0.2) is 0 Å². The van der Waals surface area contributed by atoms with Crippen LogP contribution in [-0.4, -0.2) is 12.6 Å². The maximum atomic E-state index is 3.76. The Morgan fingerprint density at radius 2 is 1.47 bits per heavy atom. The van der Waals surface area contributed by atoms with Crippen molar-refractivity contribution in [1.82, 2.24) is 5.32 Å². The predicted molar refractivity (Wildman–Crippen MR) is 66.0 cm³/mol. The van der Waals surface area contributed by atoms with Gasteiger partial charge in [-0.3, -0.25) is 0 Å². The number of nitrogens with one attached hydrogen (secondary N) is 1. The van der Waals surface area contributed by atoms with Crippen molar-refractivity contribution in [3.8, 4) is 0 Å². The Bertz CT molecular complexity index is 166. The molecule has 2 rings (SSSR count). The zero-order chi connectivity index (χ0) is 10.5. The highest BCUT2D eigenvalue weighted by Crippen LogP contribution is 2.32. The first-order chi connectivity index (χ1) is 7.38. The molecule has 0 bridgehead atoms. The van der Waals surface area contributed by atoms with Gasteiger partial charge in [-0.25, -0.2) is 0 Å². The fraction of sp³-hybridized carbons (Fsp3) is 1.00. The Kier molecular flexibility index (Phi) is 4.49. The normalized spacial score (nSPS) is 31.8. The average Bonchev–Trinajstić information content (AvgIpc) is 3.05. The Morgan fingerprint density at radius 3 is 2.07 bits per heavy atom. The third-order valence-electron chi connectivity index (χ3n) is 4.23. The Morgan fingerprint density at radius 1 is 0.867 bits per heavy atom. The zero-order valence-corrected chi connectivity index (χ0v) is 10.3. The van der Waals surface area contributed by atoms with Crippen LogP contribution in [0.3, 0.4) is 0 Å². The van der Waals surface area contributed by atoms with E-state index >= 15 is 0 Å². The van der Waals surface area contributed by atoms with E-state index in [1.54, 1.807) is 0 Å². The van der Waals surface area contributed by atoms with E-state index in [4.69, 9.17) is 0 Å². The van der Waals surface area contributed by atoms with Crippen molar-refractivity contribution in [2.24, 2.45) is 11.8 Å². The average molecular weight is 209 g/mol. The summed E-state index contributed by atoms with van der Waals surface area (Å²) >= 11 is 0. The lowest BCUT2D eigenvalue weighted by molar-refractivity contribution is 0.277. The summed E-state index contributed by atoms with van der Waals surface area (Å²) in [5, 5.41) is 3.76. The van der Waals surface area contributed by atoms with Gasteiger partial charge in [0.25, 0.3) is 0 Å². The third kappa shape index (κ3) is 4.14. The first-order valence-electron chi connectivity index (χ1n) is 7.12. The molecule has 2 fully saturated rings. The van der Waals surface area contributed by atoms with Crippen molar-refractivity contribution in [3.05, 3.63) is 0 Å². The molecule has 0 saturated heterocycles. The van der Waals surface area contributed by atoms with Gasteiger partial charge in [-0.2, -0.15) is 0 Å². The van der Waals surface area contributed by atoms with Gasteiger partial charge in [-0.1, -0.05) is 32.6 Å². The van der Waals surface area contributed by atoms with E-state index in [1.807, 2.05) is 0 Å². The van der Waals surface area contributed by atoms with Gasteiger partial charge in [-0.05, 0) is 50.5 Å². The molecule has 15 heavy (non-hydrogen) atoms. The molecule has 0 aliphatic heterocycles. The van der Waals surface area contributed by atoms with Crippen LogP contribution in [0.5, 0.6) is 0 Å². The van der Waals surface area contributed by atoms with E-state index < -0.39 is 0 Å². The van der Waals surface area contributed by atoms with Gasteiger partial charge in [-0.15, -0.1) is 0 Å². The van der Waals surface area contributed by atoms with Crippen LogP contribution < -0.4 is 5.32 Å². The molecule has 0 spiro atoms. The highest BCUT2D eigenvalue weighted by molar-refractivity contribution is 4.79. The molecule has 0 aromatic heterocycles. The molecule has 1 N–H and O–H groups in total. The molecule has 0 radical (unpaired) electrons. The van der Waals surface area contributed by atoms with Crippen LogP contribution in [0.4, 0.5) is 0 Å². The van der Waals surface area contributed by atoms with Crippen molar-refractivity contribution >= 4 is 0 Å². The summed E-state index contributed by atoms with van der Waals surface area (Å²) < 4.78 is 0. The number of hydrogen-bond donors (Lipinski definition) is 1. The summed E-state index contributed by atoms with van der Waals surface area (Å²) in [5.41, 5.74) is 0. The van der Waals surface area contributed by atoms with E-state index in [2.05, 4.69) is 12.2 Å². The van der Waals surface area contributed by atoms with Crippen LogP contribution in [0.15, 0.2) is 0 Å². The van der Waals surface area contributed by atoms with E-state index in [9.17, 15) is 0 Å². The highest BCUT2D eigenvalue weighted by atomic mass is 14.9. The summed E-state index contributed by atoms with van der Waals surface area (Å²) in [6, 6.07) is 0.858. The largest absolute Gasteiger partial charge is 0.314 e. The van der Waals surface area contributed by atoms with Crippen LogP contribution in [-0.2, 0) is 0 Å². The SMILES string of the molecule is CCCC1CCC(NCCC2CC2)CC1. The molecule has 0 aromatic carbocycles. The summed E-state index contributed by atoms with van der Waals surface area (Å²) in [6.45, 7) is 3.60. The molecule has 0 amide bonds. The maximum absolute atomic E-state index is 3.76. The van der Waals surface area contributed by atoms with Crippen LogP contribution in [0.1, 0.15) is 64.7 Å². The highest BCUT2D eigenvalue weighted by Gasteiger charge is 2.22.